The first-order valence-corrected chi connectivity index (χ1v) is 6.54. The van der Waals surface area contributed by atoms with Gasteiger partial charge in [0.25, 0.3) is 5.91 Å². The maximum Gasteiger partial charge on any atom is 0.262 e. The van der Waals surface area contributed by atoms with Crippen molar-refractivity contribution in [2.45, 2.75) is 6.42 Å². The predicted octanol–water partition coefficient (Wildman–Crippen LogP) is 2.48. The van der Waals surface area contributed by atoms with Crippen molar-refractivity contribution in [2.75, 3.05) is 24.3 Å². The van der Waals surface area contributed by atoms with Gasteiger partial charge in [-0.25, -0.2) is 0 Å². The lowest BCUT2D eigenvalue weighted by Gasteiger charge is -2.19. The number of nitrogen functional groups attached to an aromatic ring is 1. The molecule has 0 saturated heterocycles. The van der Waals surface area contributed by atoms with Crippen LogP contribution in [0.1, 0.15) is 15.9 Å². The summed E-state index contributed by atoms with van der Waals surface area (Å²) in [7, 11) is 1.53. The summed E-state index contributed by atoms with van der Waals surface area (Å²) in [5.74, 6) is 0.376. The fourth-order valence-electron chi connectivity index (χ4n) is 2.65. The molecule has 0 fully saturated rings. The Bertz CT molecular complexity index is 667. The summed E-state index contributed by atoms with van der Waals surface area (Å²) in [6, 6.07) is 13.2. The lowest BCUT2D eigenvalue weighted by atomic mass is 10.1. The highest BCUT2D eigenvalue weighted by Gasteiger charge is 2.27. The van der Waals surface area contributed by atoms with Gasteiger partial charge >= 0.3 is 0 Å². The van der Waals surface area contributed by atoms with Crippen LogP contribution in [0, 0.1) is 0 Å². The Morgan fingerprint density at radius 1 is 1.20 bits per heavy atom. The number of anilines is 2. The van der Waals surface area contributed by atoms with Crippen molar-refractivity contribution in [1.29, 1.82) is 0 Å². The van der Waals surface area contributed by atoms with Gasteiger partial charge in [0, 0.05) is 12.2 Å². The molecule has 0 aromatic heterocycles. The smallest absolute Gasteiger partial charge is 0.262 e. The van der Waals surface area contributed by atoms with Crippen LogP contribution >= 0.6 is 0 Å². The molecule has 2 aromatic rings. The number of para-hydroxylation sites is 2. The molecular weight excluding hydrogens is 252 g/mol. The minimum absolute atomic E-state index is 0.0703. The number of nitrogens with two attached hydrogens (primary N) is 1. The van der Waals surface area contributed by atoms with Gasteiger partial charge < -0.3 is 15.4 Å². The van der Waals surface area contributed by atoms with Gasteiger partial charge in [-0.05, 0) is 30.2 Å². The SMILES string of the molecule is COc1c(N)cccc1C(=O)N1CCc2ccccc21. The third-order valence-corrected chi connectivity index (χ3v) is 3.61. The lowest BCUT2D eigenvalue weighted by Crippen LogP contribution is -2.29. The zero-order valence-electron chi connectivity index (χ0n) is 11.3. The molecule has 0 saturated carbocycles. The quantitative estimate of drug-likeness (QED) is 0.851. The molecule has 0 radical (unpaired) electrons. The zero-order chi connectivity index (χ0) is 14.1. The molecule has 4 heteroatoms. The Labute approximate surface area is 117 Å². The zero-order valence-corrected chi connectivity index (χ0v) is 11.3. The molecule has 0 spiro atoms. The highest BCUT2D eigenvalue weighted by molar-refractivity contribution is 6.09. The molecule has 2 N–H and O–H groups in total. The van der Waals surface area contributed by atoms with Crippen molar-refractivity contribution in [1.82, 2.24) is 0 Å². The van der Waals surface area contributed by atoms with Crippen molar-refractivity contribution in [3.8, 4) is 5.75 Å². The van der Waals surface area contributed by atoms with E-state index >= 15 is 0 Å². The number of carbonyl (C=O) groups is 1. The number of carbonyl (C=O) groups excluding carboxylic acids is 1. The van der Waals surface area contributed by atoms with Crippen LogP contribution in [-0.2, 0) is 6.42 Å². The number of amides is 1. The summed E-state index contributed by atoms with van der Waals surface area (Å²) in [5, 5.41) is 0. The highest BCUT2D eigenvalue weighted by atomic mass is 16.5. The summed E-state index contributed by atoms with van der Waals surface area (Å²) < 4.78 is 5.27. The monoisotopic (exact) mass is 268 g/mol. The molecular formula is C16H16N2O2. The summed E-state index contributed by atoms with van der Waals surface area (Å²) >= 11 is 0. The van der Waals surface area contributed by atoms with Crippen LogP contribution in [0.5, 0.6) is 5.75 Å². The molecule has 1 heterocycles. The summed E-state index contributed by atoms with van der Waals surface area (Å²) in [6.07, 6.45) is 0.881. The highest BCUT2D eigenvalue weighted by Crippen LogP contribution is 2.32. The first kappa shape index (κ1) is 12.5. The Hall–Kier alpha value is -2.49. The van der Waals surface area contributed by atoms with Crippen molar-refractivity contribution >= 4 is 17.3 Å². The molecule has 4 nitrogen and oxygen atoms in total. The third kappa shape index (κ3) is 1.90. The molecule has 20 heavy (non-hydrogen) atoms. The van der Waals surface area contributed by atoms with Crippen LogP contribution in [0.4, 0.5) is 11.4 Å². The largest absolute Gasteiger partial charge is 0.494 e. The molecule has 102 valence electrons. The van der Waals surface area contributed by atoms with E-state index in [1.54, 1.807) is 23.1 Å². The van der Waals surface area contributed by atoms with Gasteiger partial charge in [-0.1, -0.05) is 24.3 Å². The number of fused-ring (bicyclic) bond motifs is 1. The number of hydrogen-bond acceptors (Lipinski definition) is 3. The first-order chi connectivity index (χ1) is 9.72. The molecule has 2 aromatic carbocycles. The van der Waals surface area contributed by atoms with E-state index < -0.39 is 0 Å². The van der Waals surface area contributed by atoms with Gasteiger partial charge in [-0.15, -0.1) is 0 Å². The van der Waals surface area contributed by atoms with Crippen molar-refractivity contribution in [3.63, 3.8) is 0 Å². The molecule has 1 aliphatic rings. The Morgan fingerprint density at radius 3 is 2.80 bits per heavy atom. The molecule has 0 atom stereocenters. The van der Waals surface area contributed by atoms with Crippen LogP contribution in [-0.4, -0.2) is 19.6 Å². The number of rotatable bonds is 2. The lowest BCUT2D eigenvalue weighted by molar-refractivity contribution is 0.0986. The summed E-state index contributed by atoms with van der Waals surface area (Å²) in [5.41, 5.74) is 9.02. The average Bonchev–Trinajstić information content (AvgIpc) is 2.90. The van der Waals surface area contributed by atoms with Crippen LogP contribution in [0.3, 0.4) is 0 Å². The topological polar surface area (TPSA) is 55.6 Å². The van der Waals surface area contributed by atoms with E-state index in [1.165, 1.54) is 12.7 Å². The number of hydrogen-bond donors (Lipinski definition) is 1. The number of methoxy groups -OCH3 is 1. The number of benzene rings is 2. The minimum Gasteiger partial charge on any atom is -0.494 e. The third-order valence-electron chi connectivity index (χ3n) is 3.61. The Balaban J connectivity index is 2.01. The maximum absolute atomic E-state index is 12.7. The van der Waals surface area contributed by atoms with E-state index in [1.807, 2.05) is 18.2 Å². The summed E-state index contributed by atoms with van der Waals surface area (Å²) in [6.45, 7) is 0.691. The van der Waals surface area contributed by atoms with Gasteiger partial charge in [0.2, 0.25) is 0 Å². The van der Waals surface area contributed by atoms with Gasteiger partial charge in [-0.3, -0.25) is 4.79 Å². The second-order valence-electron chi connectivity index (χ2n) is 4.76. The number of nitrogens with zero attached hydrogens (tertiary/aromatic N) is 1. The normalized spacial score (nSPS) is 13.2. The van der Waals surface area contributed by atoms with Crippen molar-refractivity contribution in [3.05, 3.63) is 53.6 Å². The molecule has 1 aliphatic heterocycles. The van der Waals surface area contributed by atoms with Crippen LogP contribution in [0.2, 0.25) is 0 Å². The molecule has 3 rings (SSSR count). The van der Waals surface area contributed by atoms with E-state index in [0.29, 0.717) is 23.5 Å². The average molecular weight is 268 g/mol. The van der Waals surface area contributed by atoms with Crippen LogP contribution in [0.25, 0.3) is 0 Å². The first-order valence-electron chi connectivity index (χ1n) is 6.54. The molecule has 0 aliphatic carbocycles. The fraction of sp³-hybridized carbons (Fsp3) is 0.188. The second kappa shape index (κ2) is 4.89. The molecule has 0 unspecified atom stereocenters. The molecule has 1 amide bonds. The van der Waals surface area contributed by atoms with Gasteiger partial charge in [0.15, 0.2) is 5.75 Å². The second-order valence-corrected chi connectivity index (χ2v) is 4.76. The van der Waals surface area contributed by atoms with Gasteiger partial charge in [0.05, 0.1) is 18.4 Å². The van der Waals surface area contributed by atoms with Crippen LogP contribution < -0.4 is 15.4 Å². The van der Waals surface area contributed by atoms with E-state index in [2.05, 4.69) is 6.07 Å². The molecule has 0 bridgehead atoms. The van der Waals surface area contributed by atoms with E-state index in [-0.39, 0.29) is 5.91 Å². The fourth-order valence-corrected chi connectivity index (χ4v) is 2.65. The number of ether oxygens (including phenoxy) is 1. The van der Waals surface area contributed by atoms with Crippen molar-refractivity contribution in [2.24, 2.45) is 0 Å². The van der Waals surface area contributed by atoms with E-state index in [0.717, 1.165) is 12.1 Å². The maximum atomic E-state index is 12.7. The minimum atomic E-state index is -0.0703. The van der Waals surface area contributed by atoms with Gasteiger partial charge in [0.1, 0.15) is 0 Å². The summed E-state index contributed by atoms with van der Waals surface area (Å²) in [4.78, 5) is 14.5. The predicted molar refractivity (Wildman–Crippen MR) is 79.2 cm³/mol. The van der Waals surface area contributed by atoms with E-state index in [9.17, 15) is 4.79 Å². The van der Waals surface area contributed by atoms with Crippen LogP contribution in [0.15, 0.2) is 42.5 Å². The van der Waals surface area contributed by atoms with Gasteiger partial charge in [-0.2, -0.15) is 0 Å². The van der Waals surface area contributed by atoms with Crippen molar-refractivity contribution < 1.29 is 9.53 Å². The standard InChI is InChI=1S/C16H16N2O2/c1-20-15-12(6-4-7-13(15)17)16(19)18-10-9-11-5-2-3-8-14(11)18/h2-8H,9-10,17H2,1H3. The Kier molecular flexibility index (Phi) is 3.06. The Morgan fingerprint density at radius 2 is 2.00 bits per heavy atom. The van der Waals surface area contributed by atoms with E-state index in [4.69, 9.17) is 10.5 Å².